The summed E-state index contributed by atoms with van der Waals surface area (Å²) in [6.45, 7) is 5.41. The van der Waals surface area contributed by atoms with E-state index in [1.54, 1.807) is 18.2 Å². The third-order valence-corrected chi connectivity index (χ3v) is 7.83. The average molecular weight is 374 g/mol. The molecule has 3 aliphatic rings. The van der Waals surface area contributed by atoms with Crippen molar-refractivity contribution in [2.24, 2.45) is 10.9 Å². The molecule has 3 fully saturated rings. The van der Waals surface area contributed by atoms with Crippen LogP contribution in [0.2, 0.25) is 0 Å². The van der Waals surface area contributed by atoms with Gasteiger partial charge in [0.25, 0.3) is 5.69 Å². The van der Waals surface area contributed by atoms with Crippen molar-refractivity contribution in [3.05, 3.63) is 33.9 Å². The molecule has 0 N–H and O–H groups in total. The fraction of sp³-hybridized carbons (Fsp3) is 0.650. The van der Waals surface area contributed by atoms with Crippen LogP contribution in [0.3, 0.4) is 0 Å². The Morgan fingerprint density at radius 3 is 2.65 bits per heavy atom. The quantitative estimate of drug-likeness (QED) is 0.523. The first-order valence-electron chi connectivity index (χ1n) is 9.77. The predicted octanol–water partition coefficient (Wildman–Crippen LogP) is 5.44. The second kappa shape index (κ2) is 6.87. The highest BCUT2D eigenvalue weighted by Gasteiger charge is 2.47. The van der Waals surface area contributed by atoms with Crippen molar-refractivity contribution in [1.29, 1.82) is 0 Å². The van der Waals surface area contributed by atoms with Gasteiger partial charge in [0.05, 0.1) is 10.6 Å². The third-order valence-electron chi connectivity index (χ3n) is 6.35. The summed E-state index contributed by atoms with van der Waals surface area (Å²) >= 11 is 1.97. The molecule has 1 aromatic rings. The molecule has 0 radical (unpaired) electrons. The van der Waals surface area contributed by atoms with Crippen LogP contribution in [-0.4, -0.2) is 32.3 Å². The lowest BCUT2D eigenvalue weighted by Gasteiger charge is -2.30. The zero-order valence-electron chi connectivity index (χ0n) is 15.6. The highest BCUT2D eigenvalue weighted by Crippen LogP contribution is 2.50. The van der Waals surface area contributed by atoms with Crippen molar-refractivity contribution in [2.45, 2.75) is 69.6 Å². The fourth-order valence-corrected chi connectivity index (χ4v) is 6.40. The lowest BCUT2D eigenvalue weighted by Crippen LogP contribution is -2.40. The van der Waals surface area contributed by atoms with Crippen molar-refractivity contribution in [2.75, 3.05) is 6.54 Å². The number of nitrogens with zero attached hydrogens (tertiary/aromatic N) is 3. The maximum Gasteiger partial charge on any atom is 0.269 e. The molecule has 0 aromatic heterocycles. The van der Waals surface area contributed by atoms with Crippen LogP contribution < -0.4 is 0 Å². The lowest BCUT2D eigenvalue weighted by atomic mass is 10.0. The first kappa shape index (κ1) is 17.8. The minimum atomic E-state index is -0.339. The first-order valence-corrected chi connectivity index (χ1v) is 10.6. The normalized spacial score (nSPS) is 29.2. The Balaban J connectivity index is 1.67. The zero-order chi connectivity index (χ0) is 18.3. The van der Waals surface area contributed by atoms with Gasteiger partial charge in [-0.25, -0.2) is 4.99 Å². The van der Waals surface area contributed by atoms with Crippen LogP contribution >= 0.6 is 11.8 Å². The first-order chi connectivity index (χ1) is 12.5. The number of non-ortho nitro benzene ring substituents is 1. The average Bonchev–Trinajstić information content (AvgIpc) is 3.31. The molecule has 1 aliphatic heterocycles. The number of amidine groups is 1. The Morgan fingerprint density at radius 1 is 1.27 bits per heavy atom. The Bertz CT molecular complexity index is 743. The molecule has 2 saturated carbocycles. The molecule has 0 amide bonds. The Labute approximate surface area is 159 Å². The predicted molar refractivity (Wildman–Crippen MR) is 107 cm³/mol. The van der Waals surface area contributed by atoms with E-state index in [9.17, 15) is 10.1 Å². The smallest absolute Gasteiger partial charge is 0.269 e. The summed E-state index contributed by atoms with van der Waals surface area (Å²) < 4.78 is 0.343. The van der Waals surface area contributed by atoms with E-state index < -0.39 is 0 Å². The summed E-state index contributed by atoms with van der Waals surface area (Å²) in [7, 11) is 0. The minimum absolute atomic E-state index is 0.138. The summed E-state index contributed by atoms with van der Waals surface area (Å²) in [4.78, 5) is 18.3. The summed E-state index contributed by atoms with van der Waals surface area (Å²) in [6, 6.07) is 5.60. The van der Waals surface area contributed by atoms with Crippen molar-refractivity contribution >= 4 is 28.3 Å². The standard InChI is InChI=1S/C20H27N3O2S/c1-14-6-5-7-18(14)22-13-20(10-3-4-11-20)26-19(22)21-17-9-8-16(23(24)25)12-15(17)2/h8-9,12,14,18H,3-7,10-11,13H2,1-2H3/b21-19-. The molecule has 2 aliphatic carbocycles. The summed E-state index contributed by atoms with van der Waals surface area (Å²) in [5.74, 6) is 0.718. The molecule has 140 valence electrons. The molecule has 1 heterocycles. The van der Waals surface area contributed by atoms with Crippen LogP contribution in [0.1, 0.15) is 57.4 Å². The number of rotatable bonds is 3. The Morgan fingerprint density at radius 2 is 2.04 bits per heavy atom. The van der Waals surface area contributed by atoms with E-state index >= 15 is 0 Å². The van der Waals surface area contributed by atoms with Crippen molar-refractivity contribution < 1.29 is 4.92 Å². The van der Waals surface area contributed by atoms with Crippen LogP contribution in [0, 0.1) is 23.0 Å². The summed E-state index contributed by atoms with van der Waals surface area (Å²) in [5.41, 5.74) is 1.88. The SMILES string of the molecule is Cc1cc([N+](=O)[O-])ccc1/N=C1\SC2(CCCC2)CN1C1CCCC1C. The fourth-order valence-electron chi connectivity index (χ4n) is 4.86. The van der Waals surface area contributed by atoms with Crippen molar-refractivity contribution in [3.63, 3.8) is 0 Å². The Hall–Kier alpha value is -1.56. The zero-order valence-corrected chi connectivity index (χ0v) is 16.4. The molecule has 26 heavy (non-hydrogen) atoms. The largest absolute Gasteiger partial charge is 0.347 e. The van der Waals surface area contributed by atoms with Gasteiger partial charge < -0.3 is 4.90 Å². The van der Waals surface area contributed by atoms with Crippen molar-refractivity contribution in [1.82, 2.24) is 4.90 Å². The number of hydrogen-bond acceptors (Lipinski definition) is 4. The molecular weight excluding hydrogens is 346 g/mol. The van der Waals surface area contributed by atoms with E-state index in [4.69, 9.17) is 4.99 Å². The second-order valence-electron chi connectivity index (χ2n) is 8.22. The highest BCUT2D eigenvalue weighted by molar-refractivity contribution is 8.15. The molecule has 1 aromatic carbocycles. The van der Waals surface area contributed by atoms with Crippen molar-refractivity contribution in [3.8, 4) is 0 Å². The van der Waals surface area contributed by atoms with Crippen LogP contribution in [0.15, 0.2) is 23.2 Å². The van der Waals surface area contributed by atoms with Gasteiger partial charge in [0.1, 0.15) is 0 Å². The van der Waals surface area contributed by atoms with E-state index in [1.165, 1.54) is 44.9 Å². The molecule has 2 atom stereocenters. The molecule has 6 heteroatoms. The maximum atomic E-state index is 11.0. The third kappa shape index (κ3) is 3.24. The number of thioether (sulfide) groups is 1. The monoisotopic (exact) mass is 373 g/mol. The van der Waals surface area contributed by atoms with Gasteiger partial charge in [0.15, 0.2) is 5.17 Å². The molecular formula is C20H27N3O2S. The number of benzene rings is 1. The molecule has 0 bridgehead atoms. The molecule has 1 spiro atoms. The number of aryl methyl sites for hydroxylation is 1. The van der Waals surface area contributed by atoms with E-state index in [2.05, 4.69) is 11.8 Å². The van der Waals surface area contributed by atoms with Crippen LogP contribution in [0.25, 0.3) is 0 Å². The lowest BCUT2D eigenvalue weighted by molar-refractivity contribution is -0.384. The van der Waals surface area contributed by atoms with Gasteiger partial charge in [-0.2, -0.15) is 0 Å². The van der Waals surface area contributed by atoms with Gasteiger partial charge >= 0.3 is 0 Å². The highest BCUT2D eigenvalue weighted by atomic mass is 32.2. The van der Waals surface area contributed by atoms with Gasteiger partial charge in [-0.15, -0.1) is 0 Å². The van der Waals surface area contributed by atoms with E-state index in [0.717, 1.165) is 28.9 Å². The molecule has 5 nitrogen and oxygen atoms in total. The molecule has 2 unspecified atom stereocenters. The van der Waals surface area contributed by atoms with E-state index in [-0.39, 0.29) is 10.6 Å². The number of aliphatic imine (C=N–C) groups is 1. The van der Waals surface area contributed by atoms with Gasteiger partial charge in [-0.05, 0) is 50.2 Å². The van der Waals surface area contributed by atoms with Gasteiger partial charge in [-0.3, -0.25) is 10.1 Å². The van der Waals surface area contributed by atoms with E-state index in [0.29, 0.717) is 10.8 Å². The van der Waals surface area contributed by atoms with Crippen LogP contribution in [-0.2, 0) is 0 Å². The number of nitro groups is 1. The minimum Gasteiger partial charge on any atom is -0.347 e. The molecule has 1 saturated heterocycles. The second-order valence-corrected chi connectivity index (χ2v) is 9.65. The van der Waals surface area contributed by atoms with Crippen LogP contribution in [0.4, 0.5) is 11.4 Å². The topological polar surface area (TPSA) is 58.7 Å². The maximum absolute atomic E-state index is 11.0. The number of hydrogen-bond donors (Lipinski definition) is 0. The summed E-state index contributed by atoms with van der Waals surface area (Å²) in [6.07, 6.45) is 9.10. The number of nitro benzene ring substituents is 1. The van der Waals surface area contributed by atoms with Gasteiger partial charge in [-0.1, -0.05) is 37.9 Å². The Kier molecular flexibility index (Phi) is 4.71. The summed E-state index contributed by atoms with van der Waals surface area (Å²) in [5, 5.41) is 12.1. The van der Waals surface area contributed by atoms with E-state index in [1.807, 2.05) is 18.7 Å². The molecule has 4 rings (SSSR count). The van der Waals surface area contributed by atoms with Crippen LogP contribution in [0.5, 0.6) is 0 Å². The van der Waals surface area contributed by atoms with Gasteiger partial charge in [0, 0.05) is 29.5 Å². The van der Waals surface area contributed by atoms with Gasteiger partial charge in [0.2, 0.25) is 0 Å².